The molecule has 0 aromatic carbocycles. The molecular formula is C8H12O2S. The lowest BCUT2D eigenvalue weighted by Gasteiger charge is -2.22. The van der Waals surface area contributed by atoms with Crippen molar-refractivity contribution in [2.75, 3.05) is 0 Å². The van der Waals surface area contributed by atoms with Gasteiger partial charge < -0.3 is 4.55 Å². The molecule has 0 aromatic heterocycles. The molecule has 2 aliphatic rings. The number of fused-ring (bicyclic) bond motifs is 1. The minimum atomic E-state index is -1.12. The molecule has 1 saturated carbocycles. The molecule has 2 nitrogen and oxygen atoms in total. The van der Waals surface area contributed by atoms with Crippen molar-refractivity contribution in [3.05, 3.63) is 0 Å². The van der Waals surface area contributed by atoms with E-state index < -0.39 is 11.2 Å². The second-order valence-electron chi connectivity index (χ2n) is 3.46. The fraction of sp³-hybridized carbons (Fsp3) is 0.875. The topological polar surface area (TPSA) is 40.1 Å². The Morgan fingerprint density at radius 3 is 2.82 bits per heavy atom. The molecule has 0 bridgehead atoms. The summed E-state index contributed by atoms with van der Waals surface area (Å²) in [6.45, 7) is 0. The highest BCUT2D eigenvalue weighted by atomic mass is 32.2. The first-order chi connectivity index (χ1) is 5.29. The van der Waals surface area contributed by atoms with Crippen LogP contribution in [-0.4, -0.2) is 14.9 Å². The fourth-order valence-corrected chi connectivity index (χ4v) is 3.83. The van der Waals surface area contributed by atoms with E-state index in [1.165, 1.54) is 12.8 Å². The molecule has 1 aliphatic heterocycles. The predicted octanol–water partition coefficient (Wildman–Crippen LogP) is 1.22. The highest BCUT2D eigenvalue weighted by Gasteiger charge is 2.46. The van der Waals surface area contributed by atoms with Gasteiger partial charge in [-0.1, -0.05) is 6.42 Å². The van der Waals surface area contributed by atoms with Crippen LogP contribution in [0.3, 0.4) is 0 Å². The number of hydrogen-bond acceptors (Lipinski definition) is 2. The van der Waals surface area contributed by atoms with Crippen molar-refractivity contribution in [2.24, 2.45) is 5.92 Å². The van der Waals surface area contributed by atoms with E-state index in [0.717, 1.165) is 12.8 Å². The number of carbonyl (C=O) groups is 1. The van der Waals surface area contributed by atoms with E-state index in [2.05, 4.69) is 0 Å². The average Bonchev–Trinajstić information content (AvgIpc) is 2.30. The molecule has 62 valence electrons. The molecule has 0 spiro atoms. The molecule has 3 heteroatoms. The summed E-state index contributed by atoms with van der Waals surface area (Å²) in [4.78, 5) is 11.0. The SMILES string of the molecule is O=C1CC2CCCCC2[S+]1[O-]. The van der Waals surface area contributed by atoms with Gasteiger partial charge >= 0.3 is 5.12 Å². The van der Waals surface area contributed by atoms with Crippen LogP contribution in [0.4, 0.5) is 0 Å². The summed E-state index contributed by atoms with van der Waals surface area (Å²) in [6, 6.07) is 0. The highest BCUT2D eigenvalue weighted by molar-refractivity contribution is 8.07. The van der Waals surface area contributed by atoms with Crippen LogP contribution in [0.25, 0.3) is 0 Å². The lowest BCUT2D eigenvalue weighted by molar-refractivity contribution is -0.111. The Labute approximate surface area is 69.5 Å². The lowest BCUT2D eigenvalue weighted by atomic mass is 9.87. The van der Waals surface area contributed by atoms with Gasteiger partial charge in [-0.25, -0.2) is 4.79 Å². The van der Waals surface area contributed by atoms with Crippen LogP contribution < -0.4 is 0 Å². The molecule has 2 fully saturated rings. The van der Waals surface area contributed by atoms with Gasteiger partial charge in [-0.3, -0.25) is 0 Å². The molecule has 0 aromatic rings. The summed E-state index contributed by atoms with van der Waals surface area (Å²) in [5.41, 5.74) is 0. The zero-order valence-electron chi connectivity index (χ0n) is 6.41. The van der Waals surface area contributed by atoms with Crippen molar-refractivity contribution in [3.8, 4) is 0 Å². The van der Waals surface area contributed by atoms with Crippen LogP contribution >= 0.6 is 0 Å². The Morgan fingerprint density at radius 2 is 2.09 bits per heavy atom. The monoisotopic (exact) mass is 172 g/mol. The zero-order valence-corrected chi connectivity index (χ0v) is 7.23. The van der Waals surface area contributed by atoms with Crippen LogP contribution in [0.15, 0.2) is 0 Å². The molecular weight excluding hydrogens is 160 g/mol. The number of hydrogen-bond donors (Lipinski definition) is 0. The van der Waals surface area contributed by atoms with Crippen molar-refractivity contribution < 1.29 is 9.35 Å². The molecule has 11 heavy (non-hydrogen) atoms. The van der Waals surface area contributed by atoms with E-state index in [-0.39, 0.29) is 10.4 Å². The third kappa shape index (κ3) is 1.20. The molecule has 0 amide bonds. The second kappa shape index (κ2) is 2.79. The van der Waals surface area contributed by atoms with Gasteiger partial charge in [0.25, 0.3) is 0 Å². The van der Waals surface area contributed by atoms with E-state index in [9.17, 15) is 9.35 Å². The van der Waals surface area contributed by atoms with Gasteiger partial charge in [-0.05, 0) is 19.3 Å². The van der Waals surface area contributed by atoms with Crippen LogP contribution in [-0.2, 0) is 16.0 Å². The Balaban J connectivity index is 2.11. The van der Waals surface area contributed by atoms with Gasteiger partial charge in [0.2, 0.25) is 0 Å². The molecule has 0 radical (unpaired) electrons. The lowest BCUT2D eigenvalue weighted by Crippen LogP contribution is -2.26. The van der Waals surface area contributed by atoms with E-state index in [1.54, 1.807) is 0 Å². The maximum absolute atomic E-state index is 11.3. The van der Waals surface area contributed by atoms with Crippen molar-refractivity contribution >= 4 is 16.3 Å². The first-order valence-corrected chi connectivity index (χ1v) is 5.44. The molecule has 2 rings (SSSR count). The zero-order chi connectivity index (χ0) is 7.84. The van der Waals surface area contributed by atoms with E-state index in [1.807, 2.05) is 0 Å². The Bertz CT molecular complexity index is 181. The molecule has 3 atom stereocenters. The third-order valence-electron chi connectivity index (χ3n) is 2.77. The summed E-state index contributed by atoms with van der Waals surface area (Å²) in [7, 11) is 0. The summed E-state index contributed by atoms with van der Waals surface area (Å²) >= 11 is -1.12. The van der Waals surface area contributed by atoms with Crippen LogP contribution in [0, 0.1) is 5.92 Å². The number of rotatable bonds is 0. The summed E-state index contributed by atoms with van der Waals surface area (Å²) in [5, 5.41) is 0.234. The Kier molecular flexibility index (Phi) is 1.93. The molecule has 1 saturated heterocycles. The van der Waals surface area contributed by atoms with Crippen molar-refractivity contribution in [2.45, 2.75) is 37.4 Å². The standard InChI is InChI=1S/C8H12O2S/c9-8-5-6-3-1-2-4-7(6)11(8)10/h6-7H,1-5H2. The van der Waals surface area contributed by atoms with Crippen LogP contribution in [0.1, 0.15) is 32.1 Å². The molecule has 1 heterocycles. The second-order valence-corrected chi connectivity index (χ2v) is 5.11. The normalized spacial score (nSPS) is 44.1. The maximum Gasteiger partial charge on any atom is 0.329 e. The minimum absolute atomic E-state index is 0.00176. The molecule has 1 aliphatic carbocycles. The largest absolute Gasteiger partial charge is 0.609 e. The van der Waals surface area contributed by atoms with Crippen LogP contribution in [0.5, 0.6) is 0 Å². The van der Waals surface area contributed by atoms with Crippen LogP contribution in [0.2, 0.25) is 0 Å². The van der Waals surface area contributed by atoms with E-state index >= 15 is 0 Å². The predicted molar refractivity (Wildman–Crippen MR) is 43.5 cm³/mol. The van der Waals surface area contributed by atoms with E-state index in [0.29, 0.717) is 12.3 Å². The van der Waals surface area contributed by atoms with Gasteiger partial charge in [0.15, 0.2) is 0 Å². The fourth-order valence-electron chi connectivity index (χ4n) is 2.15. The first-order valence-electron chi connectivity index (χ1n) is 4.22. The first kappa shape index (κ1) is 7.62. The summed E-state index contributed by atoms with van der Waals surface area (Å²) in [5.74, 6) is 0.470. The third-order valence-corrected chi connectivity index (χ3v) is 4.55. The molecule has 0 N–H and O–H groups in total. The van der Waals surface area contributed by atoms with E-state index in [4.69, 9.17) is 0 Å². The minimum Gasteiger partial charge on any atom is -0.609 e. The average molecular weight is 172 g/mol. The highest BCUT2D eigenvalue weighted by Crippen LogP contribution is 2.38. The van der Waals surface area contributed by atoms with Gasteiger partial charge in [-0.2, -0.15) is 0 Å². The van der Waals surface area contributed by atoms with Gasteiger partial charge in [0.1, 0.15) is 5.25 Å². The van der Waals surface area contributed by atoms with Crippen molar-refractivity contribution in [1.29, 1.82) is 0 Å². The summed E-state index contributed by atoms with van der Waals surface area (Å²) < 4.78 is 11.3. The quantitative estimate of drug-likeness (QED) is 0.515. The smallest absolute Gasteiger partial charge is 0.329 e. The van der Waals surface area contributed by atoms with Gasteiger partial charge in [-0.15, -0.1) is 0 Å². The molecule has 3 unspecified atom stereocenters. The number of carbonyl (C=O) groups excluding carboxylic acids is 1. The Morgan fingerprint density at radius 1 is 1.36 bits per heavy atom. The summed E-state index contributed by atoms with van der Waals surface area (Å²) in [6.07, 6.45) is 5.13. The maximum atomic E-state index is 11.3. The Hall–Kier alpha value is -0.0200. The van der Waals surface area contributed by atoms with Gasteiger partial charge in [0, 0.05) is 17.1 Å². The van der Waals surface area contributed by atoms with Crippen molar-refractivity contribution in [1.82, 2.24) is 0 Å². The van der Waals surface area contributed by atoms with Gasteiger partial charge in [0.05, 0.1) is 6.42 Å². The van der Waals surface area contributed by atoms with Crippen molar-refractivity contribution in [3.63, 3.8) is 0 Å².